The van der Waals surface area contributed by atoms with Gasteiger partial charge in [0.25, 0.3) is 0 Å². The Kier molecular flexibility index (Phi) is 4.29. The number of hydrogen-bond acceptors (Lipinski definition) is 4. The van der Waals surface area contributed by atoms with Crippen molar-refractivity contribution >= 4 is 38.6 Å². The Bertz CT molecular complexity index is 576. The highest BCUT2D eigenvalue weighted by molar-refractivity contribution is 9.10. The lowest BCUT2D eigenvalue weighted by Crippen LogP contribution is -2.45. The maximum Gasteiger partial charge on any atom is 0.0387 e. The molecule has 2 heterocycles. The lowest BCUT2D eigenvalue weighted by molar-refractivity contribution is 0.252. The molecule has 1 aliphatic heterocycles. The molecule has 0 radical (unpaired) electrons. The van der Waals surface area contributed by atoms with Crippen LogP contribution in [0.25, 0.3) is 0 Å². The van der Waals surface area contributed by atoms with Gasteiger partial charge in [0.15, 0.2) is 0 Å². The zero-order valence-corrected chi connectivity index (χ0v) is 13.7. The van der Waals surface area contributed by atoms with E-state index in [1.165, 1.54) is 15.0 Å². The fourth-order valence-corrected chi connectivity index (χ4v) is 4.04. The first-order chi connectivity index (χ1) is 9.70. The van der Waals surface area contributed by atoms with Gasteiger partial charge in [0.05, 0.1) is 0 Å². The molecule has 2 N–H and O–H groups in total. The first-order valence-electron chi connectivity index (χ1n) is 6.76. The molecule has 106 valence electrons. The van der Waals surface area contributed by atoms with Crippen LogP contribution >= 0.6 is 27.3 Å². The van der Waals surface area contributed by atoms with Crippen LogP contribution in [0.4, 0.5) is 11.4 Å². The molecule has 1 saturated heterocycles. The van der Waals surface area contributed by atoms with Crippen molar-refractivity contribution < 1.29 is 0 Å². The second-order valence-electron chi connectivity index (χ2n) is 5.09. The summed E-state index contributed by atoms with van der Waals surface area (Å²) >= 11 is 5.34. The molecule has 3 nitrogen and oxygen atoms in total. The van der Waals surface area contributed by atoms with Crippen LogP contribution in [-0.4, -0.2) is 31.1 Å². The quantitative estimate of drug-likeness (QED) is 0.860. The maximum absolute atomic E-state index is 5.86. The van der Waals surface area contributed by atoms with Crippen LogP contribution in [0.15, 0.2) is 40.2 Å². The number of hydrogen-bond donors (Lipinski definition) is 1. The zero-order chi connectivity index (χ0) is 13.9. The Labute approximate surface area is 132 Å². The molecule has 5 heteroatoms. The average Bonchev–Trinajstić information content (AvgIpc) is 2.85. The Morgan fingerprint density at radius 3 is 2.60 bits per heavy atom. The standard InChI is InChI=1S/C15H18BrN3S/c16-12-8-15(20-11-12)10-18-4-6-19(7-5-18)14-3-1-2-13(17)9-14/h1-3,8-9,11H,4-7,10,17H2. The van der Waals surface area contributed by atoms with E-state index in [-0.39, 0.29) is 0 Å². The van der Waals surface area contributed by atoms with E-state index in [0.29, 0.717) is 0 Å². The maximum atomic E-state index is 5.86. The van der Waals surface area contributed by atoms with Crippen molar-refractivity contribution in [3.63, 3.8) is 0 Å². The van der Waals surface area contributed by atoms with Crippen LogP contribution in [0.5, 0.6) is 0 Å². The van der Waals surface area contributed by atoms with Gasteiger partial charge in [0.2, 0.25) is 0 Å². The number of halogens is 1. The number of nitrogen functional groups attached to an aromatic ring is 1. The summed E-state index contributed by atoms with van der Waals surface area (Å²) in [5, 5.41) is 2.15. The van der Waals surface area contributed by atoms with Crippen molar-refractivity contribution in [1.29, 1.82) is 0 Å². The van der Waals surface area contributed by atoms with Crippen molar-refractivity contribution in [1.82, 2.24) is 4.90 Å². The zero-order valence-electron chi connectivity index (χ0n) is 11.3. The third kappa shape index (κ3) is 3.34. The SMILES string of the molecule is Nc1cccc(N2CCN(Cc3cc(Br)cs3)CC2)c1. The second kappa shape index (κ2) is 6.16. The van der Waals surface area contributed by atoms with Crippen LogP contribution in [0.3, 0.4) is 0 Å². The highest BCUT2D eigenvalue weighted by Crippen LogP contribution is 2.23. The molecule has 0 bridgehead atoms. The van der Waals surface area contributed by atoms with Crippen LogP contribution in [-0.2, 0) is 6.54 Å². The third-order valence-electron chi connectivity index (χ3n) is 3.61. The highest BCUT2D eigenvalue weighted by atomic mass is 79.9. The van der Waals surface area contributed by atoms with Crippen LogP contribution in [0.1, 0.15) is 4.88 Å². The van der Waals surface area contributed by atoms with Gasteiger partial charge in [-0.15, -0.1) is 11.3 Å². The summed E-state index contributed by atoms with van der Waals surface area (Å²) < 4.78 is 1.19. The van der Waals surface area contributed by atoms with Gasteiger partial charge in [-0.1, -0.05) is 6.07 Å². The lowest BCUT2D eigenvalue weighted by Gasteiger charge is -2.36. The van der Waals surface area contributed by atoms with E-state index in [4.69, 9.17) is 5.73 Å². The lowest BCUT2D eigenvalue weighted by atomic mass is 10.2. The van der Waals surface area contributed by atoms with Gasteiger partial charge in [-0.25, -0.2) is 0 Å². The minimum Gasteiger partial charge on any atom is -0.399 e. The first-order valence-corrected chi connectivity index (χ1v) is 8.44. The van der Waals surface area contributed by atoms with E-state index in [1.807, 2.05) is 23.5 Å². The summed E-state index contributed by atoms with van der Waals surface area (Å²) in [6.07, 6.45) is 0. The predicted molar refractivity (Wildman–Crippen MR) is 90.4 cm³/mol. The molecule has 1 fully saturated rings. The van der Waals surface area contributed by atoms with Gasteiger partial charge >= 0.3 is 0 Å². The van der Waals surface area contributed by atoms with Gasteiger partial charge in [0.1, 0.15) is 0 Å². The Balaban J connectivity index is 1.57. The largest absolute Gasteiger partial charge is 0.399 e. The molecular formula is C15H18BrN3S. The van der Waals surface area contributed by atoms with E-state index in [9.17, 15) is 0 Å². The monoisotopic (exact) mass is 351 g/mol. The van der Waals surface area contributed by atoms with Crippen LogP contribution in [0, 0.1) is 0 Å². The number of piperazine rings is 1. The molecule has 0 amide bonds. The molecule has 1 aromatic carbocycles. The molecule has 0 spiro atoms. The summed E-state index contributed by atoms with van der Waals surface area (Å²) in [7, 11) is 0. The molecular weight excluding hydrogens is 334 g/mol. The highest BCUT2D eigenvalue weighted by Gasteiger charge is 2.17. The molecule has 0 aliphatic carbocycles. The van der Waals surface area contributed by atoms with Crippen molar-refractivity contribution in [2.24, 2.45) is 0 Å². The second-order valence-corrected chi connectivity index (χ2v) is 7.00. The Hall–Kier alpha value is -1.04. The van der Waals surface area contributed by atoms with Crippen LogP contribution in [0.2, 0.25) is 0 Å². The molecule has 0 unspecified atom stereocenters. The van der Waals surface area contributed by atoms with Crippen molar-refractivity contribution in [3.05, 3.63) is 45.1 Å². The third-order valence-corrected chi connectivity index (χ3v) is 5.29. The van der Waals surface area contributed by atoms with E-state index in [0.717, 1.165) is 38.4 Å². The smallest absolute Gasteiger partial charge is 0.0387 e. The van der Waals surface area contributed by atoms with E-state index >= 15 is 0 Å². The topological polar surface area (TPSA) is 32.5 Å². The van der Waals surface area contributed by atoms with Gasteiger partial charge in [-0.05, 0) is 40.2 Å². The van der Waals surface area contributed by atoms with Crippen LogP contribution < -0.4 is 10.6 Å². The Morgan fingerprint density at radius 2 is 1.95 bits per heavy atom. The average molecular weight is 352 g/mol. The van der Waals surface area contributed by atoms with E-state index in [1.54, 1.807) is 0 Å². The number of rotatable bonds is 3. The van der Waals surface area contributed by atoms with Gasteiger partial charge in [0, 0.05) is 58.8 Å². The molecule has 20 heavy (non-hydrogen) atoms. The number of thiophene rings is 1. The minimum atomic E-state index is 0.841. The molecule has 0 atom stereocenters. The van der Waals surface area contributed by atoms with E-state index in [2.05, 4.69) is 49.3 Å². The van der Waals surface area contributed by atoms with Gasteiger partial charge in [-0.3, -0.25) is 4.90 Å². The number of nitrogens with two attached hydrogens (primary N) is 1. The Morgan fingerprint density at radius 1 is 1.15 bits per heavy atom. The van der Waals surface area contributed by atoms with Crippen molar-refractivity contribution in [3.8, 4) is 0 Å². The van der Waals surface area contributed by atoms with Crippen molar-refractivity contribution in [2.45, 2.75) is 6.54 Å². The molecule has 1 aliphatic rings. The number of nitrogens with zero attached hydrogens (tertiary/aromatic N) is 2. The molecule has 2 aromatic rings. The summed E-state index contributed by atoms with van der Waals surface area (Å²) in [6.45, 7) is 5.39. The molecule has 1 aromatic heterocycles. The van der Waals surface area contributed by atoms with E-state index < -0.39 is 0 Å². The fourth-order valence-electron chi connectivity index (χ4n) is 2.54. The van der Waals surface area contributed by atoms with Gasteiger partial charge in [-0.2, -0.15) is 0 Å². The van der Waals surface area contributed by atoms with Gasteiger partial charge < -0.3 is 10.6 Å². The minimum absolute atomic E-state index is 0.841. The summed E-state index contributed by atoms with van der Waals surface area (Å²) in [4.78, 5) is 6.35. The normalized spacial score (nSPS) is 16.6. The summed E-state index contributed by atoms with van der Waals surface area (Å²) in [5.41, 5.74) is 7.94. The number of benzene rings is 1. The molecule has 3 rings (SSSR count). The van der Waals surface area contributed by atoms with Crippen molar-refractivity contribution in [2.75, 3.05) is 36.8 Å². The summed E-state index contributed by atoms with van der Waals surface area (Å²) in [6, 6.07) is 10.4. The number of anilines is 2. The fraction of sp³-hybridized carbons (Fsp3) is 0.333. The summed E-state index contributed by atoms with van der Waals surface area (Å²) in [5.74, 6) is 0. The predicted octanol–water partition coefficient (Wildman–Crippen LogP) is 3.42. The first kappa shape index (κ1) is 13.9. The molecule has 0 saturated carbocycles.